The summed E-state index contributed by atoms with van der Waals surface area (Å²) in [6.07, 6.45) is 3.69. The summed E-state index contributed by atoms with van der Waals surface area (Å²) in [6, 6.07) is 0. The number of carbonyl (C=O) groups excluding carboxylic acids is 1. The molecule has 5 heteroatoms. The number of amides is 1. The van der Waals surface area contributed by atoms with Gasteiger partial charge in [0.15, 0.2) is 0 Å². The number of likely N-dealkylation sites (N-methyl/N-ethyl adjacent to an activating group) is 1. The number of rotatable bonds is 3. The van der Waals surface area contributed by atoms with Crippen LogP contribution in [0.4, 0.5) is 4.39 Å². The van der Waals surface area contributed by atoms with Crippen LogP contribution in [0, 0.1) is 5.41 Å². The molecule has 0 aromatic carbocycles. The lowest BCUT2D eigenvalue weighted by Gasteiger charge is -2.28. The molecule has 1 amide bonds. The molecule has 0 fully saturated rings. The van der Waals surface area contributed by atoms with Crippen molar-refractivity contribution in [3.8, 4) is 0 Å². The molecule has 0 unspecified atom stereocenters. The Bertz CT molecular complexity index is 321. The van der Waals surface area contributed by atoms with E-state index in [0.29, 0.717) is 10.7 Å². The monoisotopic (exact) mass is 339 g/mol. The summed E-state index contributed by atoms with van der Waals surface area (Å²) in [6.45, 7) is 0. The van der Waals surface area contributed by atoms with E-state index in [1.807, 2.05) is 6.08 Å². The van der Waals surface area contributed by atoms with Gasteiger partial charge in [-0.3, -0.25) is 4.79 Å². The second-order valence-electron chi connectivity index (χ2n) is 3.54. The minimum absolute atomic E-state index is 0.134. The maximum absolute atomic E-state index is 13.7. The second-order valence-corrected chi connectivity index (χ2v) is 4.66. The quantitative estimate of drug-likeness (QED) is 0.786. The van der Waals surface area contributed by atoms with Gasteiger partial charge in [0, 0.05) is 29.5 Å². The highest BCUT2D eigenvalue weighted by molar-refractivity contribution is 9.09. The van der Waals surface area contributed by atoms with Crippen LogP contribution >= 0.6 is 31.9 Å². The fourth-order valence-electron chi connectivity index (χ4n) is 1.37. The highest BCUT2D eigenvalue weighted by Gasteiger charge is 2.31. The first kappa shape index (κ1) is 12.9. The summed E-state index contributed by atoms with van der Waals surface area (Å²) in [5, 5.41) is 3.74. The summed E-state index contributed by atoms with van der Waals surface area (Å²) in [7, 11) is 1.49. The molecular weight excluding hydrogens is 329 g/mol. The van der Waals surface area contributed by atoms with Crippen LogP contribution in [0.5, 0.6) is 0 Å². The summed E-state index contributed by atoms with van der Waals surface area (Å²) in [4.78, 5) is 11.3. The first-order valence-corrected chi connectivity index (χ1v) is 6.75. The molecule has 0 spiro atoms. The molecule has 0 aliphatic heterocycles. The summed E-state index contributed by atoms with van der Waals surface area (Å²) >= 11 is 6.72. The molecule has 0 aromatic heterocycles. The highest BCUT2D eigenvalue weighted by Crippen LogP contribution is 2.38. The van der Waals surface area contributed by atoms with E-state index in [-0.39, 0.29) is 29.1 Å². The van der Waals surface area contributed by atoms with Crippen molar-refractivity contribution < 1.29 is 9.18 Å². The van der Waals surface area contributed by atoms with Crippen molar-refractivity contribution in [3.63, 3.8) is 0 Å². The Morgan fingerprint density at radius 3 is 2.60 bits per heavy atom. The molecule has 0 heterocycles. The Balaban J connectivity index is 2.93. The Morgan fingerprint density at radius 1 is 1.60 bits per heavy atom. The molecule has 1 aliphatic carbocycles. The second kappa shape index (κ2) is 5.25. The van der Waals surface area contributed by atoms with Gasteiger partial charge in [-0.1, -0.05) is 44.0 Å². The molecule has 0 bridgehead atoms. The minimum atomic E-state index is -0.374. The van der Waals surface area contributed by atoms with E-state index in [4.69, 9.17) is 0 Å². The van der Waals surface area contributed by atoms with Gasteiger partial charge in [-0.2, -0.15) is 0 Å². The first-order valence-electron chi connectivity index (χ1n) is 4.50. The van der Waals surface area contributed by atoms with Crippen LogP contribution in [0.25, 0.3) is 0 Å². The van der Waals surface area contributed by atoms with Gasteiger partial charge in [0.2, 0.25) is 0 Å². The van der Waals surface area contributed by atoms with Crippen molar-refractivity contribution in [2.24, 2.45) is 5.41 Å². The van der Waals surface area contributed by atoms with Gasteiger partial charge in [0.05, 0.1) is 5.57 Å². The highest BCUT2D eigenvalue weighted by atomic mass is 79.9. The fraction of sp³-hybridized carbons (Fsp3) is 0.500. The summed E-state index contributed by atoms with van der Waals surface area (Å²) in [5.74, 6) is -0.725. The van der Waals surface area contributed by atoms with Crippen LogP contribution in [0.15, 0.2) is 23.6 Å². The van der Waals surface area contributed by atoms with Crippen LogP contribution in [0.3, 0.4) is 0 Å². The Labute approximate surface area is 105 Å². The fourth-order valence-corrected chi connectivity index (χ4v) is 3.07. The van der Waals surface area contributed by atoms with Crippen molar-refractivity contribution in [2.75, 3.05) is 17.7 Å². The van der Waals surface area contributed by atoms with Gasteiger partial charge in [0.25, 0.3) is 5.91 Å². The van der Waals surface area contributed by atoms with Crippen LogP contribution in [0.1, 0.15) is 6.42 Å². The van der Waals surface area contributed by atoms with E-state index < -0.39 is 0 Å². The SMILES string of the molecule is CNC(=O)C1=C(F)CC(CBr)(CBr)C=C1. The zero-order valence-corrected chi connectivity index (χ0v) is 11.5. The zero-order valence-electron chi connectivity index (χ0n) is 8.32. The molecule has 0 saturated heterocycles. The predicted octanol–water partition coefficient (Wildman–Crippen LogP) is 2.69. The lowest BCUT2D eigenvalue weighted by molar-refractivity contribution is -0.116. The summed E-state index contributed by atoms with van der Waals surface area (Å²) in [5.41, 5.74) is -0.128. The standard InChI is InChI=1S/C10H12Br2FNO/c1-14-9(15)7-2-3-10(5-11,6-12)4-8(7)13/h2-3H,4-6H2,1H3,(H,14,15). The maximum Gasteiger partial charge on any atom is 0.253 e. The Kier molecular flexibility index (Phi) is 4.52. The zero-order chi connectivity index (χ0) is 11.5. The van der Waals surface area contributed by atoms with E-state index in [1.165, 1.54) is 7.05 Å². The third-order valence-electron chi connectivity index (χ3n) is 2.41. The molecule has 84 valence electrons. The number of alkyl halides is 2. The normalized spacial score (nSPS) is 19.2. The van der Waals surface area contributed by atoms with Gasteiger partial charge in [0.1, 0.15) is 5.83 Å². The van der Waals surface area contributed by atoms with Gasteiger partial charge < -0.3 is 5.32 Å². The molecular formula is C10H12Br2FNO. The molecule has 1 N–H and O–H groups in total. The molecule has 1 rings (SSSR count). The average molecular weight is 341 g/mol. The van der Waals surface area contributed by atoms with Gasteiger partial charge >= 0.3 is 0 Å². The molecule has 15 heavy (non-hydrogen) atoms. The van der Waals surface area contributed by atoms with E-state index in [2.05, 4.69) is 37.2 Å². The lowest BCUT2D eigenvalue weighted by atomic mass is 9.83. The minimum Gasteiger partial charge on any atom is -0.355 e. The van der Waals surface area contributed by atoms with Crippen molar-refractivity contribution in [1.29, 1.82) is 0 Å². The predicted molar refractivity (Wildman–Crippen MR) is 66.0 cm³/mol. The lowest BCUT2D eigenvalue weighted by Crippen LogP contribution is -2.28. The Hall–Kier alpha value is -0.160. The average Bonchev–Trinajstić information content (AvgIpc) is 2.27. The molecule has 0 atom stereocenters. The number of carbonyl (C=O) groups is 1. The largest absolute Gasteiger partial charge is 0.355 e. The van der Waals surface area contributed by atoms with Gasteiger partial charge in [-0.05, 0) is 0 Å². The maximum atomic E-state index is 13.7. The van der Waals surface area contributed by atoms with Crippen molar-refractivity contribution >= 4 is 37.8 Å². The number of halogens is 3. The van der Waals surface area contributed by atoms with Crippen molar-refractivity contribution in [1.82, 2.24) is 5.32 Å². The van der Waals surface area contributed by atoms with Gasteiger partial charge in [-0.15, -0.1) is 0 Å². The molecule has 2 nitrogen and oxygen atoms in total. The Morgan fingerprint density at radius 2 is 2.20 bits per heavy atom. The molecule has 0 aromatic rings. The smallest absolute Gasteiger partial charge is 0.253 e. The van der Waals surface area contributed by atoms with Crippen molar-refractivity contribution in [2.45, 2.75) is 6.42 Å². The molecule has 0 radical (unpaired) electrons. The van der Waals surface area contributed by atoms with E-state index in [0.717, 1.165) is 0 Å². The van der Waals surface area contributed by atoms with E-state index in [1.54, 1.807) is 6.08 Å². The summed E-state index contributed by atoms with van der Waals surface area (Å²) < 4.78 is 13.7. The third kappa shape index (κ3) is 2.69. The number of allylic oxidation sites excluding steroid dienone is 2. The van der Waals surface area contributed by atoms with Crippen molar-refractivity contribution in [3.05, 3.63) is 23.6 Å². The van der Waals surface area contributed by atoms with Gasteiger partial charge in [-0.25, -0.2) is 4.39 Å². The third-order valence-corrected chi connectivity index (χ3v) is 4.64. The molecule has 0 saturated carbocycles. The molecule has 1 aliphatic rings. The van der Waals surface area contributed by atoms with Crippen LogP contribution < -0.4 is 5.32 Å². The van der Waals surface area contributed by atoms with Crippen LogP contribution in [-0.4, -0.2) is 23.6 Å². The van der Waals surface area contributed by atoms with Crippen LogP contribution in [0.2, 0.25) is 0 Å². The van der Waals surface area contributed by atoms with E-state index in [9.17, 15) is 9.18 Å². The topological polar surface area (TPSA) is 29.1 Å². The number of hydrogen-bond donors (Lipinski definition) is 1. The first-order chi connectivity index (χ1) is 7.08. The number of nitrogens with one attached hydrogen (secondary N) is 1. The number of hydrogen-bond acceptors (Lipinski definition) is 1. The van der Waals surface area contributed by atoms with Crippen LogP contribution in [-0.2, 0) is 4.79 Å². The van der Waals surface area contributed by atoms with E-state index >= 15 is 0 Å².